The molecular weight excluding hydrogens is 252 g/mol. The molecule has 20 heavy (non-hydrogen) atoms. The lowest BCUT2D eigenvalue weighted by Crippen LogP contribution is -2.41. The largest absolute Gasteiger partial charge is 0.477 e. The fourth-order valence-electron chi connectivity index (χ4n) is 2.32. The van der Waals surface area contributed by atoms with Crippen LogP contribution in [0.4, 0.5) is 0 Å². The Bertz CT molecular complexity index is 605. The molecule has 2 rings (SSSR count). The Balaban J connectivity index is 2.31. The van der Waals surface area contributed by atoms with Crippen molar-refractivity contribution in [3.63, 3.8) is 0 Å². The van der Waals surface area contributed by atoms with E-state index in [1.54, 1.807) is 26.2 Å². The lowest BCUT2D eigenvalue weighted by Gasteiger charge is -2.27. The van der Waals surface area contributed by atoms with E-state index in [1.165, 1.54) is 16.5 Å². The van der Waals surface area contributed by atoms with Gasteiger partial charge in [0.15, 0.2) is 5.60 Å². The van der Waals surface area contributed by atoms with Crippen LogP contribution in [-0.4, -0.2) is 21.1 Å². The Kier molecular flexibility index (Phi) is 3.66. The van der Waals surface area contributed by atoms with Crippen molar-refractivity contribution in [2.75, 3.05) is 0 Å². The van der Waals surface area contributed by atoms with E-state index < -0.39 is 5.60 Å². The van der Waals surface area contributed by atoms with Gasteiger partial charge < -0.3 is 4.74 Å². The van der Waals surface area contributed by atoms with Crippen LogP contribution in [-0.2, 0) is 0 Å². The van der Waals surface area contributed by atoms with Crippen LogP contribution in [0, 0.1) is 20.8 Å². The number of imidazole rings is 1. The third-order valence-electron chi connectivity index (χ3n) is 3.22. The molecule has 0 aliphatic carbocycles. The Morgan fingerprint density at radius 2 is 1.80 bits per heavy atom. The fourth-order valence-corrected chi connectivity index (χ4v) is 2.32. The van der Waals surface area contributed by atoms with Gasteiger partial charge in [0.2, 0.25) is 0 Å². The van der Waals surface area contributed by atoms with E-state index in [-0.39, 0.29) is 5.91 Å². The van der Waals surface area contributed by atoms with Crippen LogP contribution in [0.15, 0.2) is 30.9 Å². The average Bonchev–Trinajstić information content (AvgIpc) is 2.86. The second-order valence-corrected chi connectivity index (χ2v) is 5.62. The maximum absolute atomic E-state index is 12.4. The number of nitrogens with zero attached hydrogens (tertiary/aromatic N) is 2. The highest BCUT2D eigenvalue weighted by Gasteiger charge is 2.32. The molecule has 0 fully saturated rings. The number of aryl methyl sites for hydroxylation is 3. The van der Waals surface area contributed by atoms with Crippen LogP contribution in [0.3, 0.4) is 0 Å². The molecule has 1 aromatic heterocycles. The van der Waals surface area contributed by atoms with E-state index in [0.29, 0.717) is 0 Å². The Hall–Kier alpha value is -2.10. The molecule has 4 nitrogen and oxygen atoms in total. The van der Waals surface area contributed by atoms with Gasteiger partial charge in [-0.15, -0.1) is 0 Å². The van der Waals surface area contributed by atoms with Gasteiger partial charge in [-0.2, -0.15) is 0 Å². The number of ether oxygens (including phenoxy) is 1. The molecule has 0 amide bonds. The first-order chi connectivity index (χ1) is 9.31. The topological polar surface area (TPSA) is 44.1 Å². The van der Waals surface area contributed by atoms with Crippen LogP contribution in [0.25, 0.3) is 0 Å². The summed E-state index contributed by atoms with van der Waals surface area (Å²) in [4.78, 5) is 16.3. The van der Waals surface area contributed by atoms with Gasteiger partial charge in [-0.25, -0.2) is 4.98 Å². The molecule has 0 unspecified atom stereocenters. The lowest BCUT2D eigenvalue weighted by atomic mass is 10.0. The van der Waals surface area contributed by atoms with Crippen molar-refractivity contribution >= 4 is 5.91 Å². The molecule has 0 spiro atoms. The van der Waals surface area contributed by atoms with Crippen molar-refractivity contribution in [3.8, 4) is 5.75 Å². The monoisotopic (exact) mass is 272 g/mol. The van der Waals surface area contributed by atoms with Gasteiger partial charge in [0, 0.05) is 12.4 Å². The van der Waals surface area contributed by atoms with Gasteiger partial charge in [-0.05, 0) is 45.7 Å². The minimum atomic E-state index is -0.953. The number of hydrogen-bond acceptors (Lipinski definition) is 3. The van der Waals surface area contributed by atoms with Crippen molar-refractivity contribution < 1.29 is 9.53 Å². The van der Waals surface area contributed by atoms with Crippen molar-refractivity contribution in [1.29, 1.82) is 0 Å². The zero-order valence-electron chi connectivity index (χ0n) is 12.6. The van der Waals surface area contributed by atoms with E-state index in [9.17, 15) is 4.79 Å². The van der Waals surface area contributed by atoms with Crippen LogP contribution in [0.1, 0.15) is 35.3 Å². The van der Waals surface area contributed by atoms with Crippen LogP contribution < -0.4 is 4.74 Å². The predicted molar refractivity (Wildman–Crippen MR) is 78.2 cm³/mol. The van der Waals surface area contributed by atoms with Crippen LogP contribution in [0.5, 0.6) is 5.75 Å². The summed E-state index contributed by atoms with van der Waals surface area (Å²) < 4.78 is 7.45. The van der Waals surface area contributed by atoms with Crippen molar-refractivity contribution in [2.24, 2.45) is 0 Å². The van der Waals surface area contributed by atoms with Gasteiger partial charge in [-0.1, -0.05) is 17.7 Å². The molecule has 0 aliphatic heterocycles. The third kappa shape index (κ3) is 2.74. The number of hydrogen-bond donors (Lipinski definition) is 0. The van der Waals surface area contributed by atoms with Crippen molar-refractivity contribution in [3.05, 3.63) is 47.5 Å². The van der Waals surface area contributed by atoms with E-state index >= 15 is 0 Å². The SMILES string of the molecule is Cc1cc(C)c(OC(C)(C)C(=O)n2ccnc2)c(C)c1. The number of benzene rings is 1. The van der Waals surface area contributed by atoms with Gasteiger partial charge in [0.25, 0.3) is 5.91 Å². The molecule has 0 N–H and O–H groups in total. The fraction of sp³-hybridized carbons (Fsp3) is 0.375. The molecular formula is C16H20N2O2. The molecule has 2 aromatic rings. The molecule has 0 radical (unpaired) electrons. The van der Waals surface area contributed by atoms with E-state index in [4.69, 9.17) is 4.74 Å². The number of aromatic nitrogens is 2. The summed E-state index contributed by atoms with van der Waals surface area (Å²) in [5, 5.41) is 0. The Morgan fingerprint density at radius 3 is 2.30 bits per heavy atom. The maximum Gasteiger partial charge on any atom is 0.275 e. The molecule has 1 aromatic carbocycles. The second kappa shape index (κ2) is 5.12. The smallest absolute Gasteiger partial charge is 0.275 e. The quantitative estimate of drug-likeness (QED) is 0.861. The third-order valence-corrected chi connectivity index (χ3v) is 3.22. The summed E-state index contributed by atoms with van der Waals surface area (Å²) in [6.07, 6.45) is 4.70. The van der Waals surface area contributed by atoms with Gasteiger partial charge in [0.1, 0.15) is 12.1 Å². The van der Waals surface area contributed by atoms with Gasteiger partial charge in [0.05, 0.1) is 0 Å². The first-order valence-corrected chi connectivity index (χ1v) is 6.61. The normalized spacial score (nSPS) is 11.4. The molecule has 0 aliphatic rings. The van der Waals surface area contributed by atoms with Gasteiger partial charge >= 0.3 is 0 Å². The molecule has 0 atom stereocenters. The summed E-state index contributed by atoms with van der Waals surface area (Å²) in [5.74, 6) is 0.628. The van der Waals surface area contributed by atoms with Crippen molar-refractivity contribution in [2.45, 2.75) is 40.2 Å². The molecule has 4 heteroatoms. The lowest BCUT2D eigenvalue weighted by molar-refractivity contribution is 0.0483. The molecule has 0 saturated heterocycles. The second-order valence-electron chi connectivity index (χ2n) is 5.62. The molecule has 106 valence electrons. The summed E-state index contributed by atoms with van der Waals surface area (Å²) in [7, 11) is 0. The number of carbonyl (C=O) groups is 1. The van der Waals surface area contributed by atoms with E-state index in [1.807, 2.05) is 20.8 Å². The van der Waals surface area contributed by atoms with Gasteiger partial charge in [-0.3, -0.25) is 9.36 Å². The Morgan fingerprint density at radius 1 is 1.20 bits per heavy atom. The first kappa shape index (κ1) is 14.3. The summed E-state index contributed by atoms with van der Waals surface area (Å²) >= 11 is 0. The van der Waals surface area contributed by atoms with Crippen molar-refractivity contribution in [1.82, 2.24) is 9.55 Å². The highest BCUT2D eigenvalue weighted by molar-refractivity contribution is 5.87. The van der Waals surface area contributed by atoms with E-state index in [0.717, 1.165) is 16.9 Å². The Labute approximate surface area is 119 Å². The predicted octanol–water partition coefficient (Wildman–Crippen LogP) is 3.31. The van der Waals surface area contributed by atoms with E-state index in [2.05, 4.69) is 17.1 Å². The number of carbonyl (C=O) groups excluding carboxylic acids is 1. The zero-order chi connectivity index (χ0) is 14.9. The molecule has 1 heterocycles. The minimum absolute atomic E-state index is 0.144. The minimum Gasteiger partial charge on any atom is -0.477 e. The number of rotatable bonds is 3. The molecule has 0 saturated carbocycles. The van der Waals surface area contributed by atoms with Crippen LogP contribution >= 0.6 is 0 Å². The molecule has 0 bridgehead atoms. The highest BCUT2D eigenvalue weighted by Crippen LogP contribution is 2.28. The first-order valence-electron chi connectivity index (χ1n) is 6.61. The zero-order valence-corrected chi connectivity index (χ0v) is 12.6. The highest BCUT2D eigenvalue weighted by atomic mass is 16.5. The average molecular weight is 272 g/mol. The summed E-state index contributed by atoms with van der Waals surface area (Å²) in [5.41, 5.74) is 2.31. The summed E-state index contributed by atoms with van der Waals surface area (Å²) in [6.45, 7) is 9.58. The van der Waals surface area contributed by atoms with Crippen LogP contribution in [0.2, 0.25) is 0 Å². The maximum atomic E-state index is 12.4. The summed E-state index contributed by atoms with van der Waals surface area (Å²) in [6, 6.07) is 4.11. The standard InChI is InChI=1S/C16H20N2O2/c1-11-8-12(2)14(13(3)9-11)20-16(4,5)15(19)18-7-6-17-10-18/h6-10H,1-5H3.